The summed E-state index contributed by atoms with van der Waals surface area (Å²) in [6.45, 7) is 20.0. The molecule has 4 aliphatic rings. The van der Waals surface area contributed by atoms with Gasteiger partial charge in [-0.05, 0) is 108 Å². The number of hydrogen-bond donors (Lipinski definition) is 0. The van der Waals surface area contributed by atoms with Crippen LogP contribution in [0.1, 0.15) is 5.56 Å². The first-order valence-electron chi connectivity index (χ1n) is 27.3. The van der Waals surface area contributed by atoms with E-state index in [1.807, 2.05) is 12.1 Å². The van der Waals surface area contributed by atoms with Gasteiger partial charge in [0.25, 0.3) is 0 Å². The Bertz CT molecular complexity index is 3740. The molecule has 0 saturated heterocycles. The van der Waals surface area contributed by atoms with Gasteiger partial charge in [0.05, 0.1) is 23.0 Å². The molecule has 4 aliphatic heterocycles. The molecule has 9 aromatic carbocycles. The summed E-state index contributed by atoms with van der Waals surface area (Å²) in [6, 6.07) is 84.0. The molecule has 14 rings (SSSR count). The quantitative estimate of drug-likeness (QED) is 0.160. The second-order valence-electron chi connectivity index (χ2n) is 23.5. The van der Waals surface area contributed by atoms with Crippen molar-refractivity contribution in [2.75, 3.05) is 19.6 Å². The van der Waals surface area contributed by atoms with Gasteiger partial charge < -0.3 is 9.80 Å². The lowest BCUT2D eigenvalue weighted by atomic mass is 9.96. The molecular formula is C68H60N6Si4. The molecule has 5 heterocycles. The van der Waals surface area contributed by atoms with Gasteiger partial charge in [-0.1, -0.05) is 210 Å². The van der Waals surface area contributed by atoms with Gasteiger partial charge in [-0.15, -0.1) is 0 Å². The topological polar surface area (TPSA) is 49.6 Å². The number of rotatable bonds is 5. The summed E-state index contributed by atoms with van der Waals surface area (Å²) in [4.78, 5) is 16.8. The van der Waals surface area contributed by atoms with Crippen LogP contribution < -0.4 is 61.1 Å². The molecule has 0 radical (unpaired) electrons. The number of nitrogens with zero attached hydrogens (tertiary/aromatic N) is 6. The van der Waals surface area contributed by atoms with Crippen LogP contribution in [0, 0.1) is 11.3 Å². The van der Waals surface area contributed by atoms with Crippen LogP contribution in [0.2, 0.25) is 52.4 Å². The molecule has 378 valence electrons. The van der Waals surface area contributed by atoms with Gasteiger partial charge in [0.1, 0.15) is 32.3 Å². The summed E-state index contributed by atoms with van der Waals surface area (Å²) < 4.78 is 0. The zero-order valence-corrected chi connectivity index (χ0v) is 49.5. The third-order valence-electron chi connectivity index (χ3n) is 17.8. The van der Waals surface area contributed by atoms with Crippen LogP contribution >= 0.6 is 0 Å². The Kier molecular flexibility index (Phi) is 10.7. The molecule has 0 atom stereocenters. The minimum atomic E-state index is -2.31. The fourth-order valence-electron chi connectivity index (χ4n) is 13.9. The third-order valence-corrected chi connectivity index (χ3v) is 32.0. The van der Waals surface area contributed by atoms with Crippen molar-refractivity contribution in [3.8, 4) is 17.2 Å². The molecule has 0 spiro atoms. The molecule has 0 N–H and O–H groups in total. The van der Waals surface area contributed by atoms with Crippen molar-refractivity contribution in [3.05, 3.63) is 224 Å². The van der Waals surface area contributed by atoms with Gasteiger partial charge in [0.15, 0.2) is 11.6 Å². The van der Waals surface area contributed by atoms with E-state index in [1.165, 1.54) is 41.5 Å². The van der Waals surface area contributed by atoms with Gasteiger partial charge in [-0.25, -0.2) is 4.98 Å². The summed E-state index contributed by atoms with van der Waals surface area (Å²) in [7, 11) is -9.21. The van der Waals surface area contributed by atoms with Gasteiger partial charge in [-0.3, -0.25) is 9.80 Å². The number of aromatic nitrogens is 1. The number of nitriles is 1. The predicted octanol–water partition coefficient (Wildman–Crippen LogP) is 13.0. The molecule has 0 aliphatic carbocycles. The molecule has 1 aromatic heterocycles. The van der Waals surface area contributed by atoms with Crippen LogP contribution in [0.25, 0.3) is 11.1 Å². The Balaban J connectivity index is 1.27. The minimum absolute atomic E-state index is 0.608. The van der Waals surface area contributed by atoms with E-state index >= 15 is 0 Å². The molecule has 10 aromatic rings. The molecule has 0 fully saturated rings. The summed E-state index contributed by atoms with van der Waals surface area (Å²) >= 11 is 0. The van der Waals surface area contributed by atoms with Crippen LogP contribution in [-0.4, -0.2) is 37.3 Å². The maximum Gasteiger partial charge on any atom is 0.165 e. The first kappa shape index (κ1) is 48.1. The van der Waals surface area contributed by atoms with Crippen molar-refractivity contribution in [3.63, 3.8) is 0 Å². The maximum atomic E-state index is 10.6. The SMILES string of the molecule is C[Si]1(C)c2ccccc2N(c2nc(N3c4ccccc4[Si](C)(C)c4ccccc43)c(N3c4ccccc4[Si](C)(C)c4ccccc43)c(-c3ccc(C#N)cc3)c2N2c3ccccc3[Si](C)(C)c3ccccc32)c2ccccc21. The number of benzene rings is 9. The lowest BCUT2D eigenvalue weighted by molar-refractivity contribution is 1.10. The predicted molar refractivity (Wildman–Crippen MR) is 340 cm³/mol. The van der Waals surface area contributed by atoms with E-state index in [2.05, 4.69) is 284 Å². The normalized spacial score (nSPS) is 16.2. The number of hydrogen-bond acceptors (Lipinski definition) is 6. The molecule has 78 heavy (non-hydrogen) atoms. The zero-order valence-electron chi connectivity index (χ0n) is 45.5. The van der Waals surface area contributed by atoms with Crippen LogP contribution in [0.4, 0.5) is 68.5 Å². The van der Waals surface area contributed by atoms with E-state index in [0.717, 1.165) is 79.6 Å². The number of pyridine rings is 1. The molecule has 10 heteroatoms. The highest BCUT2D eigenvalue weighted by molar-refractivity contribution is 7.04. The Labute approximate surface area is 462 Å². The number of anilines is 12. The van der Waals surface area contributed by atoms with Crippen LogP contribution in [-0.2, 0) is 0 Å². The van der Waals surface area contributed by atoms with E-state index in [-0.39, 0.29) is 0 Å². The Morgan fingerprint density at radius 1 is 0.295 bits per heavy atom. The van der Waals surface area contributed by atoms with E-state index in [0.29, 0.717) is 5.56 Å². The van der Waals surface area contributed by atoms with E-state index in [9.17, 15) is 5.26 Å². The first-order chi connectivity index (χ1) is 37.7. The molecule has 6 nitrogen and oxygen atoms in total. The van der Waals surface area contributed by atoms with Crippen LogP contribution in [0.15, 0.2) is 218 Å². The van der Waals surface area contributed by atoms with E-state index in [1.54, 1.807) is 0 Å². The van der Waals surface area contributed by atoms with Gasteiger partial charge in [-0.2, -0.15) is 5.26 Å². The highest BCUT2D eigenvalue weighted by Gasteiger charge is 2.49. The number of fused-ring (bicyclic) bond motifs is 8. The Morgan fingerprint density at radius 2 is 0.513 bits per heavy atom. The largest absolute Gasteiger partial charge is 0.307 e. The Hall–Kier alpha value is -8.31. The first-order valence-corrected chi connectivity index (χ1v) is 39.3. The van der Waals surface area contributed by atoms with Gasteiger partial charge in [0.2, 0.25) is 0 Å². The standard InChI is InChI=1S/C68H60N6Si4/c1-75(2)56-33-17-9-25-48(56)71(49-26-10-18-34-57(49)75)65-64(47-43-41-46(45-69)42-44-47)66(72-50-27-11-19-35-58(50)76(3,4)59-36-20-12-28-51(59)72)68(74-54-31-15-23-39-62(54)78(7,8)63-40-24-16-32-55(63)74)70-67(65)73-52-29-13-21-37-60(52)77(5,6)61-38-22-14-30-53(61)73/h9-44H,1-8H3. The fraction of sp³-hybridized carbons (Fsp3) is 0.118. The monoisotopic (exact) mass is 1070 g/mol. The fourth-order valence-corrected chi connectivity index (χ4v) is 25.8. The summed E-state index contributed by atoms with van der Waals surface area (Å²) in [6.07, 6.45) is 0. The van der Waals surface area contributed by atoms with Crippen molar-refractivity contribution in [2.24, 2.45) is 0 Å². The van der Waals surface area contributed by atoms with Crippen molar-refractivity contribution in [1.82, 2.24) is 4.98 Å². The lowest BCUT2D eigenvalue weighted by Crippen LogP contribution is -2.59. The van der Waals surface area contributed by atoms with Crippen molar-refractivity contribution in [1.29, 1.82) is 5.26 Å². The molecule has 0 unspecified atom stereocenters. The average Bonchev–Trinajstić information content (AvgIpc) is 3.43. The summed E-state index contributed by atoms with van der Waals surface area (Å²) in [5.74, 6) is 1.66. The van der Waals surface area contributed by atoms with Crippen molar-refractivity contribution >= 4 is 142 Å². The molecule has 0 bridgehead atoms. The van der Waals surface area contributed by atoms with Crippen LogP contribution in [0.3, 0.4) is 0 Å². The van der Waals surface area contributed by atoms with Crippen molar-refractivity contribution < 1.29 is 0 Å². The van der Waals surface area contributed by atoms with Crippen LogP contribution in [0.5, 0.6) is 0 Å². The second kappa shape index (κ2) is 17.3. The smallest absolute Gasteiger partial charge is 0.165 e. The molecular weight excluding hydrogens is 1010 g/mol. The zero-order chi connectivity index (χ0) is 53.5. The average molecular weight is 1070 g/mol. The highest BCUT2D eigenvalue weighted by atomic mass is 28.3. The van der Waals surface area contributed by atoms with Gasteiger partial charge >= 0.3 is 0 Å². The third kappa shape index (κ3) is 6.72. The second-order valence-corrected chi connectivity index (χ2v) is 40.8. The maximum absolute atomic E-state index is 10.6. The number of para-hydroxylation sites is 8. The van der Waals surface area contributed by atoms with E-state index in [4.69, 9.17) is 4.98 Å². The molecule has 0 saturated carbocycles. The summed E-state index contributed by atoms with van der Waals surface area (Å²) in [5.41, 5.74) is 13.8. The lowest BCUT2D eigenvalue weighted by Gasteiger charge is -2.48. The minimum Gasteiger partial charge on any atom is -0.307 e. The summed E-state index contributed by atoms with van der Waals surface area (Å²) in [5, 5.41) is 21.5. The van der Waals surface area contributed by atoms with Gasteiger partial charge in [0, 0.05) is 51.1 Å². The van der Waals surface area contributed by atoms with E-state index < -0.39 is 32.3 Å². The van der Waals surface area contributed by atoms with Crippen molar-refractivity contribution in [2.45, 2.75) is 52.4 Å². The molecule has 0 amide bonds. The highest BCUT2D eigenvalue weighted by Crippen LogP contribution is 2.60. The Morgan fingerprint density at radius 3 is 0.744 bits per heavy atom.